The normalized spacial score (nSPS) is 20.6. The van der Waals surface area contributed by atoms with Gasteiger partial charge in [-0.25, -0.2) is 0 Å². The molecule has 0 radical (unpaired) electrons. The molecule has 2 rings (SSSR count). The fraction of sp³-hybridized carbons (Fsp3) is 0.538. The van der Waals surface area contributed by atoms with Crippen molar-refractivity contribution in [3.63, 3.8) is 0 Å². The van der Waals surface area contributed by atoms with Crippen molar-refractivity contribution in [2.45, 2.75) is 36.0 Å². The number of hydrogen-bond acceptors (Lipinski definition) is 3. The molecule has 1 N–H and O–H groups in total. The van der Waals surface area contributed by atoms with Crippen molar-refractivity contribution in [2.24, 2.45) is 0 Å². The van der Waals surface area contributed by atoms with Gasteiger partial charge < -0.3 is 10.1 Å². The van der Waals surface area contributed by atoms with E-state index in [9.17, 15) is 0 Å². The Labute approximate surface area is 102 Å². The summed E-state index contributed by atoms with van der Waals surface area (Å²) in [6, 6.07) is 7.00. The van der Waals surface area contributed by atoms with Crippen molar-refractivity contribution in [1.29, 1.82) is 0 Å². The molecule has 88 valence electrons. The molecule has 0 aromatic heterocycles. The zero-order valence-electron chi connectivity index (χ0n) is 10.1. The number of ether oxygens (including phenoxy) is 1. The van der Waals surface area contributed by atoms with E-state index in [1.54, 1.807) is 7.11 Å². The van der Waals surface area contributed by atoms with E-state index >= 15 is 0 Å². The summed E-state index contributed by atoms with van der Waals surface area (Å²) in [6.45, 7) is 2.24. The molecular formula is C13H19NOS. The third-order valence-electron chi connectivity index (χ3n) is 3.12. The highest BCUT2D eigenvalue weighted by atomic mass is 32.2. The minimum atomic E-state index is 0.591. The highest BCUT2D eigenvalue weighted by molar-refractivity contribution is 8.00. The molecule has 0 spiro atoms. The van der Waals surface area contributed by atoms with Crippen LogP contribution in [0, 0.1) is 0 Å². The Hall–Kier alpha value is -0.670. The Morgan fingerprint density at radius 3 is 3.06 bits per heavy atom. The lowest BCUT2D eigenvalue weighted by atomic mass is 10.1. The molecule has 1 aromatic carbocycles. The molecule has 1 aliphatic heterocycles. The topological polar surface area (TPSA) is 21.3 Å². The van der Waals surface area contributed by atoms with Gasteiger partial charge in [0.2, 0.25) is 0 Å². The smallest absolute Gasteiger partial charge is 0.119 e. The molecule has 1 aliphatic rings. The van der Waals surface area contributed by atoms with Crippen LogP contribution in [0.15, 0.2) is 23.1 Å². The van der Waals surface area contributed by atoms with E-state index in [0.29, 0.717) is 11.3 Å². The molecule has 0 bridgehead atoms. The largest absolute Gasteiger partial charge is 0.497 e. The highest BCUT2D eigenvalue weighted by Gasteiger charge is 2.23. The Bertz CT molecular complexity index is 367. The summed E-state index contributed by atoms with van der Waals surface area (Å²) in [5.41, 5.74) is 1.44. The maximum Gasteiger partial charge on any atom is 0.119 e. The van der Waals surface area contributed by atoms with Crippen LogP contribution in [-0.4, -0.2) is 25.4 Å². The minimum Gasteiger partial charge on any atom is -0.497 e. The van der Waals surface area contributed by atoms with Crippen LogP contribution in [0.2, 0.25) is 0 Å². The van der Waals surface area contributed by atoms with E-state index in [1.807, 2.05) is 18.8 Å². The minimum absolute atomic E-state index is 0.591. The second-order valence-electron chi connectivity index (χ2n) is 4.34. The lowest BCUT2D eigenvalue weighted by Gasteiger charge is -2.14. The van der Waals surface area contributed by atoms with Gasteiger partial charge in [0.1, 0.15) is 5.75 Å². The van der Waals surface area contributed by atoms with Gasteiger partial charge in [0, 0.05) is 16.2 Å². The van der Waals surface area contributed by atoms with Gasteiger partial charge >= 0.3 is 0 Å². The number of hydrogen-bond donors (Lipinski definition) is 1. The zero-order valence-corrected chi connectivity index (χ0v) is 10.9. The molecule has 2 nitrogen and oxygen atoms in total. The fourth-order valence-electron chi connectivity index (χ4n) is 2.07. The van der Waals surface area contributed by atoms with Gasteiger partial charge in [0.15, 0.2) is 0 Å². The van der Waals surface area contributed by atoms with E-state index in [4.69, 9.17) is 4.74 Å². The molecule has 16 heavy (non-hydrogen) atoms. The third kappa shape index (κ3) is 2.53. The van der Waals surface area contributed by atoms with Crippen molar-refractivity contribution >= 4 is 11.8 Å². The Balaban J connectivity index is 2.03. The first-order valence-corrected chi connectivity index (χ1v) is 6.61. The molecule has 2 unspecified atom stereocenters. The van der Waals surface area contributed by atoms with Crippen molar-refractivity contribution < 1.29 is 4.74 Å². The maximum absolute atomic E-state index is 5.26. The summed E-state index contributed by atoms with van der Waals surface area (Å²) >= 11 is 2.00. The van der Waals surface area contributed by atoms with E-state index in [0.717, 1.165) is 5.75 Å². The van der Waals surface area contributed by atoms with Crippen LogP contribution in [-0.2, 0) is 6.42 Å². The van der Waals surface area contributed by atoms with E-state index in [-0.39, 0.29) is 0 Å². The zero-order chi connectivity index (χ0) is 11.5. The molecule has 1 heterocycles. The van der Waals surface area contributed by atoms with Crippen LogP contribution >= 0.6 is 11.8 Å². The second kappa shape index (κ2) is 5.11. The molecule has 2 atom stereocenters. The molecule has 0 aliphatic carbocycles. The van der Waals surface area contributed by atoms with E-state index in [2.05, 4.69) is 30.4 Å². The number of methoxy groups -OCH3 is 1. The van der Waals surface area contributed by atoms with Crippen molar-refractivity contribution in [3.05, 3.63) is 23.8 Å². The summed E-state index contributed by atoms with van der Waals surface area (Å²) in [7, 11) is 3.75. The molecule has 0 saturated carbocycles. The van der Waals surface area contributed by atoms with Crippen molar-refractivity contribution in [3.8, 4) is 5.75 Å². The van der Waals surface area contributed by atoms with Gasteiger partial charge in [-0.1, -0.05) is 0 Å². The van der Waals surface area contributed by atoms with Crippen LogP contribution in [0.1, 0.15) is 18.9 Å². The molecule has 0 amide bonds. The summed E-state index contributed by atoms with van der Waals surface area (Å²) in [4.78, 5) is 1.43. The van der Waals surface area contributed by atoms with Crippen molar-refractivity contribution in [1.82, 2.24) is 5.32 Å². The van der Waals surface area contributed by atoms with Gasteiger partial charge in [0.25, 0.3) is 0 Å². The van der Waals surface area contributed by atoms with E-state index in [1.165, 1.54) is 23.3 Å². The maximum atomic E-state index is 5.26. The summed E-state index contributed by atoms with van der Waals surface area (Å²) in [5.74, 6) is 0.974. The molecule has 0 fully saturated rings. The van der Waals surface area contributed by atoms with Gasteiger partial charge in [-0.05, 0) is 50.6 Å². The highest BCUT2D eigenvalue weighted by Crippen LogP contribution is 2.40. The monoisotopic (exact) mass is 237 g/mol. The summed E-state index contributed by atoms with van der Waals surface area (Å²) < 4.78 is 5.26. The van der Waals surface area contributed by atoms with Gasteiger partial charge in [0.05, 0.1) is 7.11 Å². The van der Waals surface area contributed by atoms with Crippen molar-refractivity contribution in [2.75, 3.05) is 14.2 Å². The predicted octanol–water partition coefficient (Wildman–Crippen LogP) is 2.71. The number of rotatable bonds is 4. The quantitative estimate of drug-likeness (QED) is 0.870. The predicted molar refractivity (Wildman–Crippen MR) is 69.5 cm³/mol. The molecular weight excluding hydrogens is 218 g/mol. The van der Waals surface area contributed by atoms with Crippen LogP contribution < -0.4 is 10.1 Å². The van der Waals surface area contributed by atoms with Crippen LogP contribution in [0.3, 0.4) is 0 Å². The lowest BCUT2D eigenvalue weighted by Crippen LogP contribution is -2.25. The van der Waals surface area contributed by atoms with Crippen LogP contribution in [0.25, 0.3) is 0 Å². The first-order valence-electron chi connectivity index (χ1n) is 5.73. The van der Waals surface area contributed by atoms with Crippen LogP contribution in [0.4, 0.5) is 0 Å². The SMILES string of the molecule is CNC(C)CC1Cc2cc(OC)ccc2S1. The summed E-state index contributed by atoms with van der Waals surface area (Å²) in [5, 5.41) is 4.02. The third-order valence-corrected chi connectivity index (χ3v) is 4.46. The number of fused-ring (bicyclic) bond motifs is 1. The molecule has 3 heteroatoms. The standard InChI is InChI=1S/C13H19NOS/c1-9(14-2)6-12-8-10-7-11(15-3)4-5-13(10)16-12/h4-5,7,9,12,14H,6,8H2,1-3H3. The molecule has 0 saturated heterocycles. The Kier molecular flexibility index (Phi) is 3.77. The second-order valence-corrected chi connectivity index (χ2v) is 5.69. The molecule has 1 aromatic rings. The summed E-state index contributed by atoms with van der Waals surface area (Å²) in [6.07, 6.45) is 2.39. The first-order chi connectivity index (χ1) is 7.72. The number of benzene rings is 1. The van der Waals surface area contributed by atoms with Gasteiger partial charge in [-0.2, -0.15) is 0 Å². The van der Waals surface area contributed by atoms with Gasteiger partial charge in [-0.15, -0.1) is 11.8 Å². The number of thioether (sulfide) groups is 1. The average molecular weight is 237 g/mol. The van der Waals surface area contributed by atoms with E-state index < -0.39 is 0 Å². The first kappa shape index (κ1) is 11.8. The average Bonchev–Trinajstić information content (AvgIpc) is 2.69. The van der Waals surface area contributed by atoms with Crippen LogP contribution in [0.5, 0.6) is 5.75 Å². The number of nitrogens with one attached hydrogen (secondary N) is 1. The lowest BCUT2D eigenvalue weighted by molar-refractivity contribution is 0.414. The fourth-order valence-corrected chi connectivity index (χ4v) is 3.51. The van der Waals surface area contributed by atoms with Gasteiger partial charge in [-0.3, -0.25) is 0 Å². The Morgan fingerprint density at radius 1 is 1.56 bits per heavy atom. The Morgan fingerprint density at radius 2 is 2.38 bits per heavy atom.